The van der Waals surface area contributed by atoms with Crippen molar-refractivity contribution < 1.29 is 9.59 Å². The van der Waals surface area contributed by atoms with Crippen molar-refractivity contribution in [1.29, 1.82) is 0 Å². The van der Waals surface area contributed by atoms with Gasteiger partial charge >= 0.3 is 6.03 Å². The molecule has 0 atom stereocenters. The zero-order valence-corrected chi connectivity index (χ0v) is 18.1. The lowest BCUT2D eigenvalue weighted by Crippen LogP contribution is -2.24. The summed E-state index contributed by atoms with van der Waals surface area (Å²) in [6.07, 6.45) is 0. The third kappa shape index (κ3) is 4.23. The molecule has 30 heavy (non-hydrogen) atoms. The Kier molecular flexibility index (Phi) is 5.97. The summed E-state index contributed by atoms with van der Waals surface area (Å²) in [6.45, 7) is 5.39. The van der Waals surface area contributed by atoms with E-state index in [1.54, 1.807) is 38.2 Å². The number of thiazole rings is 1. The molecule has 0 aliphatic carbocycles. The van der Waals surface area contributed by atoms with Crippen molar-refractivity contribution in [3.05, 3.63) is 56.4 Å². The van der Waals surface area contributed by atoms with Gasteiger partial charge in [-0.15, -0.1) is 11.3 Å². The molecule has 0 saturated heterocycles. The van der Waals surface area contributed by atoms with Crippen LogP contribution < -0.4 is 21.5 Å². The van der Waals surface area contributed by atoms with Gasteiger partial charge in [0.25, 0.3) is 11.5 Å². The van der Waals surface area contributed by atoms with Gasteiger partial charge < -0.3 is 16.0 Å². The smallest absolute Gasteiger partial charge is 0.318 e. The molecule has 0 unspecified atom stereocenters. The van der Waals surface area contributed by atoms with Crippen molar-refractivity contribution in [3.63, 3.8) is 0 Å². The minimum absolute atomic E-state index is 0.252. The molecule has 2 aromatic heterocycles. The lowest BCUT2D eigenvalue weighted by Gasteiger charge is -2.07. The van der Waals surface area contributed by atoms with E-state index in [1.165, 1.54) is 23.1 Å². The standard InChI is InChI=1S/C20H22N6O3S/c1-10-11(2)25-26(5)19(28)15(10)18-22-12(3)16(30-18)17(27)23-13-6-8-14(9-7-13)24-20(29)21-4/h6-9H,1-5H3,(H,23,27)(H2,21,24,29). The van der Waals surface area contributed by atoms with E-state index in [2.05, 4.69) is 26.0 Å². The van der Waals surface area contributed by atoms with Crippen LogP contribution in [0.1, 0.15) is 26.6 Å². The zero-order valence-electron chi connectivity index (χ0n) is 17.3. The van der Waals surface area contributed by atoms with E-state index in [1.807, 2.05) is 13.8 Å². The topological polar surface area (TPSA) is 118 Å². The first kappa shape index (κ1) is 21.2. The molecule has 0 spiro atoms. The second-order valence-corrected chi connectivity index (χ2v) is 7.68. The number of hydrogen-bond acceptors (Lipinski definition) is 6. The van der Waals surface area contributed by atoms with Gasteiger partial charge in [0.1, 0.15) is 9.88 Å². The molecule has 1 aromatic carbocycles. The number of aryl methyl sites for hydroxylation is 3. The Morgan fingerprint density at radius 3 is 2.20 bits per heavy atom. The first-order chi connectivity index (χ1) is 14.2. The maximum Gasteiger partial charge on any atom is 0.318 e. The molecule has 0 saturated carbocycles. The molecule has 3 aromatic rings. The van der Waals surface area contributed by atoms with Crippen LogP contribution in [-0.4, -0.2) is 33.8 Å². The highest BCUT2D eigenvalue weighted by Gasteiger charge is 2.21. The van der Waals surface area contributed by atoms with Gasteiger partial charge in [-0.05, 0) is 50.6 Å². The second kappa shape index (κ2) is 8.46. The average Bonchev–Trinajstić information content (AvgIpc) is 3.09. The Morgan fingerprint density at radius 1 is 1.00 bits per heavy atom. The number of benzene rings is 1. The fourth-order valence-electron chi connectivity index (χ4n) is 2.83. The summed E-state index contributed by atoms with van der Waals surface area (Å²) in [5.74, 6) is -0.316. The molecule has 0 radical (unpaired) electrons. The van der Waals surface area contributed by atoms with Crippen molar-refractivity contribution in [2.24, 2.45) is 7.05 Å². The number of carbonyl (C=O) groups excluding carboxylic acids is 2. The van der Waals surface area contributed by atoms with Gasteiger partial charge in [-0.1, -0.05) is 0 Å². The van der Waals surface area contributed by atoms with E-state index < -0.39 is 0 Å². The Morgan fingerprint density at radius 2 is 1.60 bits per heavy atom. The number of nitrogens with zero attached hydrogens (tertiary/aromatic N) is 3. The van der Waals surface area contributed by atoms with Gasteiger partial charge in [-0.2, -0.15) is 5.10 Å². The van der Waals surface area contributed by atoms with E-state index in [4.69, 9.17) is 0 Å². The summed E-state index contributed by atoms with van der Waals surface area (Å²) in [6, 6.07) is 6.41. The number of urea groups is 1. The number of nitrogens with one attached hydrogen (secondary N) is 3. The number of amides is 3. The normalized spacial score (nSPS) is 10.6. The summed E-state index contributed by atoms with van der Waals surface area (Å²) < 4.78 is 1.28. The third-order valence-corrected chi connectivity index (χ3v) is 5.74. The molecule has 3 rings (SSSR count). The van der Waals surface area contributed by atoms with Crippen LogP contribution in [0.5, 0.6) is 0 Å². The van der Waals surface area contributed by atoms with Crippen LogP contribution in [-0.2, 0) is 7.05 Å². The van der Waals surface area contributed by atoms with Crippen molar-refractivity contribution in [1.82, 2.24) is 20.1 Å². The minimum Gasteiger partial charge on any atom is -0.341 e. The largest absolute Gasteiger partial charge is 0.341 e. The van der Waals surface area contributed by atoms with Crippen molar-refractivity contribution >= 4 is 34.6 Å². The highest BCUT2D eigenvalue weighted by Crippen LogP contribution is 2.29. The number of carbonyl (C=O) groups is 2. The molecule has 3 amide bonds. The van der Waals surface area contributed by atoms with Crippen molar-refractivity contribution in [2.75, 3.05) is 17.7 Å². The summed E-state index contributed by atoms with van der Waals surface area (Å²) in [4.78, 5) is 41.6. The van der Waals surface area contributed by atoms with Gasteiger partial charge in [0.2, 0.25) is 0 Å². The zero-order chi connectivity index (χ0) is 22.0. The SMILES string of the molecule is CNC(=O)Nc1ccc(NC(=O)c2sc(-c3c(C)c(C)nn(C)c3=O)nc2C)cc1. The molecule has 0 aliphatic heterocycles. The van der Waals surface area contributed by atoms with E-state index in [0.29, 0.717) is 32.5 Å². The van der Waals surface area contributed by atoms with Gasteiger partial charge in [-0.25, -0.2) is 14.5 Å². The Balaban J connectivity index is 1.85. The van der Waals surface area contributed by atoms with E-state index in [-0.39, 0.29) is 17.5 Å². The van der Waals surface area contributed by atoms with Crippen LogP contribution in [0.4, 0.5) is 16.2 Å². The maximum absolute atomic E-state index is 12.8. The van der Waals surface area contributed by atoms with Gasteiger partial charge in [-0.3, -0.25) is 9.59 Å². The van der Waals surface area contributed by atoms with Crippen LogP contribution >= 0.6 is 11.3 Å². The molecule has 10 heteroatoms. The van der Waals surface area contributed by atoms with Gasteiger partial charge in [0.05, 0.1) is 17.0 Å². The van der Waals surface area contributed by atoms with Crippen LogP contribution in [0.25, 0.3) is 10.6 Å². The lowest BCUT2D eigenvalue weighted by atomic mass is 10.1. The fourth-order valence-corrected chi connectivity index (χ4v) is 3.89. The number of aromatic nitrogens is 3. The Bertz CT molecular complexity index is 1180. The highest BCUT2D eigenvalue weighted by molar-refractivity contribution is 7.17. The Labute approximate surface area is 177 Å². The highest BCUT2D eigenvalue weighted by atomic mass is 32.1. The second-order valence-electron chi connectivity index (χ2n) is 6.68. The first-order valence-corrected chi connectivity index (χ1v) is 9.95. The first-order valence-electron chi connectivity index (χ1n) is 9.13. The van der Waals surface area contributed by atoms with Crippen LogP contribution in [0.3, 0.4) is 0 Å². The third-order valence-electron chi connectivity index (χ3n) is 4.57. The predicted molar refractivity (Wildman–Crippen MR) is 117 cm³/mol. The lowest BCUT2D eigenvalue weighted by molar-refractivity contribution is 0.103. The van der Waals surface area contributed by atoms with E-state index in [9.17, 15) is 14.4 Å². The summed E-state index contributed by atoms with van der Waals surface area (Å²) >= 11 is 1.17. The monoisotopic (exact) mass is 426 g/mol. The molecule has 156 valence electrons. The predicted octanol–water partition coefficient (Wildman–Crippen LogP) is 2.83. The van der Waals surface area contributed by atoms with Crippen LogP contribution in [0, 0.1) is 20.8 Å². The van der Waals surface area contributed by atoms with Crippen molar-refractivity contribution in [2.45, 2.75) is 20.8 Å². The summed E-state index contributed by atoms with van der Waals surface area (Å²) in [5, 5.41) is 12.6. The number of hydrogen-bond donors (Lipinski definition) is 3. The fraction of sp³-hybridized carbons (Fsp3) is 0.250. The molecule has 0 aliphatic rings. The molecule has 2 heterocycles. The van der Waals surface area contributed by atoms with E-state index >= 15 is 0 Å². The average molecular weight is 427 g/mol. The number of anilines is 2. The molecule has 0 fully saturated rings. The van der Waals surface area contributed by atoms with E-state index in [0.717, 1.165) is 11.3 Å². The molecular formula is C20H22N6O3S. The number of rotatable bonds is 4. The molecule has 3 N–H and O–H groups in total. The Hall–Kier alpha value is -3.53. The van der Waals surface area contributed by atoms with Crippen LogP contribution in [0.15, 0.2) is 29.1 Å². The quantitative estimate of drug-likeness (QED) is 0.593. The van der Waals surface area contributed by atoms with Gasteiger partial charge in [0.15, 0.2) is 0 Å². The maximum atomic E-state index is 12.8. The minimum atomic E-state index is -0.326. The summed E-state index contributed by atoms with van der Waals surface area (Å²) in [7, 11) is 3.12. The molecule has 0 bridgehead atoms. The summed E-state index contributed by atoms with van der Waals surface area (Å²) in [5.41, 5.74) is 3.40. The molecule has 9 nitrogen and oxygen atoms in total. The van der Waals surface area contributed by atoms with Gasteiger partial charge in [0, 0.05) is 25.5 Å². The van der Waals surface area contributed by atoms with Crippen LogP contribution in [0.2, 0.25) is 0 Å². The van der Waals surface area contributed by atoms with Crippen molar-refractivity contribution in [3.8, 4) is 10.6 Å². The molecular weight excluding hydrogens is 404 g/mol.